The van der Waals surface area contributed by atoms with Gasteiger partial charge in [-0.25, -0.2) is 13.9 Å². The van der Waals surface area contributed by atoms with Gasteiger partial charge in [-0.1, -0.05) is 48.9 Å². The minimum Gasteiger partial charge on any atom is -0.276 e. The number of aryl methyl sites for hydroxylation is 2. The molecule has 2 aromatic carbocycles. The minimum atomic E-state index is -0.234. The summed E-state index contributed by atoms with van der Waals surface area (Å²) in [7, 11) is 0. The smallest absolute Gasteiger partial charge is 0.276 e. The molecule has 26 heavy (non-hydrogen) atoms. The second-order valence-electron chi connectivity index (χ2n) is 6.54. The number of hydrogen-bond donors (Lipinski definition) is 0. The highest BCUT2D eigenvalue weighted by Crippen LogP contribution is 2.12. The molecule has 0 bridgehead atoms. The highest BCUT2D eigenvalue weighted by molar-refractivity contribution is 5.79. The molecule has 4 rings (SSSR count). The van der Waals surface area contributed by atoms with Crippen molar-refractivity contribution in [2.45, 2.75) is 33.4 Å². The predicted molar refractivity (Wildman–Crippen MR) is 102 cm³/mol. The molecule has 0 fully saturated rings. The first-order chi connectivity index (χ1) is 12.6. The van der Waals surface area contributed by atoms with Crippen molar-refractivity contribution in [3.05, 3.63) is 80.5 Å². The van der Waals surface area contributed by atoms with Gasteiger partial charge in [0.1, 0.15) is 0 Å². The van der Waals surface area contributed by atoms with Crippen LogP contribution < -0.4 is 11.2 Å². The van der Waals surface area contributed by atoms with Gasteiger partial charge in [0.05, 0.1) is 17.4 Å². The monoisotopic (exact) mass is 348 g/mol. The summed E-state index contributed by atoms with van der Waals surface area (Å²) in [6, 6.07) is 15.2. The number of aromatic nitrogens is 4. The Balaban J connectivity index is 2.02. The number of benzene rings is 2. The lowest BCUT2D eigenvalue weighted by Gasteiger charge is -2.07. The fourth-order valence-electron chi connectivity index (χ4n) is 3.38. The summed E-state index contributed by atoms with van der Waals surface area (Å²) in [4.78, 5) is 25.9. The SMILES string of the molecule is CCCn1c(=O)c2ccccc2n2c(=O)n(Cc3cccc(C)c3)nc12. The first kappa shape index (κ1) is 16.3. The molecule has 132 valence electrons. The fourth-order valence-corrected chi connectivity index (χ4v) is 3.38. The van der Waals surface area contributed by atoms with Crippen LogP contribution in [0.2, 0.25) is 0 Å². The molecular formula is C20H20N4O2. The molecule has 0 saturated heterocycles. The van der Waals surface area contributed by atoms with Crippen molar-refractivity contribution in [3.8, 4) is 0 Å². The van der Waals surface area contributed by atoms with Crippen LogP contribution in [-0.2, 0) is 13.1 Å². The lowest BCUT2D eigenvalue weighted by atomic mass is 10.1. The maximum atomic E-state index is 13.0. The molecule has 0 unspecified atom stereocenters. The van der Waals surface area contributed by atoms with Crippen LogP contribution in [-0.4, -0.2) is 18.7 Å². The summed E-state index contributed by atoms with van der Waals surface area (Å²) in [5.41, 5.74) is 2.39. The van der Waals surface area contributed by atoms with E-state index in [4.69, 9.17) is 0 Å². The maximum Gasteiger partial charge on any atom is 0.352 e. The van der Waals surface area contributed by atoms with Gasteiger partial charge in [0, 0.05) is 6.54 Å². The van der Waals surface area contributed by atoms with E-state index in [0.717, 1.165) is 17.5 Å². The lowest BCUT2D eigenvalue weighted by molar-refractivity contribution is 0.639. The molecule has 0 spiro atoms. The molecule has 0 atom stereocenters. The van der Waals surface area contributed by atoms with Crippen LogP contribution in [0, 0.1) is 6.92 Å². The van der Waals surface area contributed by atoms with Gasteiger partial charge in [-0.3, -0.25) is 9.36 Å². The third kappa shape index (κ3) is 2.54. The average Bonchev–Trinajstić information content (AvgIpc) is 2.95. The second-order valence-corrected chi connectivity index (χ2v) is 6.54. The van der Waals surface area contributed by atoms with E-state index in [1.165, 1.54) is 4.68 Å². The van der Waals surface area contributed by atoms with E-state index in [0.29, 0.717) is 29.8 Å². The molecule has 6 nitrogen and oxygen atoms in total. The molecule has 0 saturated carbocycles. The first-order valence-corrected chi connectivity index (χ1v) is 8.77. The van der Waals surface area contributed by atoms with Crippen LogP contribution in [0.1, 0.15) is 24.5 Å². The summed E-state index contributed by atoms with van der Waals surface area (Å²) < 4.78 is 4.57. The van der Waals surface area contributed by atoms with Crippen molar-refractivity contribution in [2.75, 3.05) is 0 Å². The van der Waals surface area contributed by atoms with Gasteiger partial charge in [-0.05, 0) is 31.0 Å². The highest BCUT2D eigenvalue weighted by atomic mass is 16.2. The lowest BCUT2D eigenvalue weighted by Crippen LogP contribution is -2.26. The van der Waals surface area contributed by atoms with E-state index in [1.807, 2.05) is 50.2 Å². The molecule has 2 aromatic heterocycles. The normalized spacial score (nSPS) is 11.5. The quantitative estimate of drug-likeness (QED) is 0.569. The van der Waals surface area contributed by atoms with Crippen molar-refractivity contribution in [3.63, 3.8) is 0 Å². The van der Waals surface area contributed by atoms with Gasteiger partial charge in [0.2, 0.25) is 5.78 Å². The number of para-hydroxylation sites is 1. The van der Waals surface area contributed by atoms with E-state index in [1.54, 1.807) is 21.1 Å². The Labute approximate surface area is 149 Å². The molecule has 0 N–H and O–H groups in total. The average molecular weight is 348 g/mol. The molecule has 0 amide bonds. The Hall–Kier alpha value is -3.15. The Morgan fingerprint density at radius 3 is 2.62 bits per heavy atom. The molecule has 0 aliphatic carbocycles. The van der Waals surface area contributed by atoms with Gasteiger partial charge in [-0.15, -0.1) is 5.10 Å². The second kappa shape index (κ2) is 6.29. The standard InChI is InChI=1S/C20H20N4O2/c1-3-11-22-18(25)16-9-4-5-10-17(16)24-19(22)21-23(20(24)26)13-15-8-6-7-14(2)12-15/h4-10,12H,3,11,13H2,1-2H3. The number of rotatable bonds is 4. The molecule has 0 aliphatic rings. The zero-order valence-corrected chi connectivity index (χ0v) is 14.8. The van der Waals surface area contributed by atoms with E-state index < -0.39 is 0 Å². The molecular weight excluding hydrogens is 328 g/mol. The fraction of sp³-hybridized carbons (Fsp3) is 0.250. The van der Waals surface area contributed by atoms with Crippen LogP contribution in [0.4, 0.5) is 0 Å². The third-order valence-electron chi connectivity index (χ3n) is 4.55. The van der Waals surface area contributed by atoms with Crippen LogP contribution in [0.5, 0.6) is 0 Å². The van der Waals surface area contributed by atoms with Crippen LogP contribution in [0.25, 0.3) is 16.7 Å². The van der Waals surface area contributed by atoms with Gasteiger partial charge >= 0.3 is 5.69 Å². The van der Waals surface area contributed by atoms with Crippen molar-refractivity contribution in [1.82, 2.24) is 18.7 Å². The predicted octanol–water partition coefficient (Wildman–Crippen LogP) is 2.58. The minimum absolute atomic E-state index is 0.109. The Morgan fingerprint density at radius 2 is 1.85 bits per heavy atom. The van der Waals surface area contributed by atoms with Crippen LogP contribution in [0.3, 0.4) is 0 Å². The summed E-state index contributed by atoms with van der Waals surface area (Å²) in [6.45, 7) is 4.91. The zero-order valence-electron chi connectivity index (χ0n) is 14.8. The summed E-state index contributed by atoms with van der Waals surface area (Å²) in [6.07, 6.45) is 0.785. The zero-order chi connectivity index (χ0) is 18.3. The maximum absolute atomic E-state index is 13.0. The van der Waals surface area contributed by atoms with Gasteiger partial charge in [0.15, 0.2) is 0 Å². The number of fused-ring (bicyclic) bond motifs is 3. The third-order valence-corrected chi connectivity index (χ3v) is 4.55. The Kier molecular flexibility index (Phi) is 3.95. The van der Waals surface area contributed by atoms with Gasteiger partial charge < -0.3 is 0 Å². The Morgan fingerprint density at radius 1 is 1.04 bits per heavy atom. The van der Waals surface area contributed by atoms with Crippen LogP contribution in [0.15, 0.2) is 58.1 Å². The van der Waals surface area contributed by atoms with Crippen molar-refractivity contribution in [1.29, 1.82) is 0 Å². The topological polar surface area (TPSA) is 61.3 Å². The summed E-state index contributed by atoms with van der Waals surface area (Å²) >= 11 is 0. The van der Waals surface area contributed by atoms with E-state index in [-0.39, 0.29) is 11.2 Å². The number of hydrogen-bond acceptors (Lipinski definition) is 3. The van der Waals surface area contributed by atoms with Gasteiger partial charge in [0.25, 0.3) is 5.56 Å². The molecule has 4 aromatic rings. The van der Waals surface area contributed by atoms with Crippen molar-refractivity contribution >= 4 is 16.7 Å². The van der Waals surface area contributed by atoms with E-state index in [9.17, 15) is 9.59 Å². The van der Waals surface area contributed by atoms with Crippen molar-refractivity contribution < 1.29 is 0 Å². The molecule has 0 radical (unpaired) electrons. The van der Waals surface area contributed by atoms with E-state index in [2.05, 4.69) is 5.10 Å². The summed E-state index contributed by atoms with van der Waals surface area (Å²) in [5, 5.41) is 5.03. The Bertz CT molecular complexity index is 1230. The van der Waals surface area contributed by atoms with Crippen molar-refractivity contribution in [2.24, 2.45) is 0 Å². The molecule has 0 aliphatic heterocycles. The highest BCUT2D eigenvalue weighted by Gasteiger charge is 2.16. The first-order valence-electron chi connectivity index (χ1n) is 8.77. The number of nitrogens with zero attached hydrogens (tertiary/aromatic N) is 4. The molecule has 6 heteroatoms. The molecule has 2 heterocycles. The van der Waals surface area contributed by atoms with Crippen LogP contribution >= 0.6 is 0 Å². The summed E-state index contributed by atoms with van der Waals surface area (Å²) in [5.74, 6) is 0.396. The van der Waals surface area contributed by atoms with E-state index >= 15 is 0 Å². The largest absolute Gasteiger partial charge is 0.352 e. The van der Waals surface area contributed by atoms with Gasteiger partial charge in [-0.2, -0.15) is 0 Å².